The zero-order valence-corrected chi connectivity index (χ0v) is 12.5. The minimum atomic E-state index is -3.69. The monoisotopic (exact) mass is 306 g/mol. The quantitative estimate of drug-likeness (QED) is 0.798. The molecule has 1 aromatic rings. The third-order valence-corrected chi connectivity index (χ3v) is 6.44. The maximum absolute atomic E-state index is 12.4. The summed E-state index contributed by atoms with van der Waals surface area (Å²) < 4.78 is 28.8. The summed E-state index contributed by atoms with van der Waals surface area (Å²) in [6.45, 7) is 0. The van der Waals surface area contributed by atoms with Gasteiger partial charge in [0.1, 0.15) is 10.7 Å². The first-order valence-corrected chi connectivity index (χ1v) is 8.84. The SMILES string of the molecule is NN1C(C2CC3CCC2CC3)=NS(=O)(=O)c2cnccc21. The Balaban J connectivity index is 1.79. The van der Waals surface area contributed by atoms with Crippen LogP contribution in [0.5, 0.6) is 0 Å². The van der Waals surface area contributed by atoms with Crippen molar-refractivity contribution in [2.45, 2.75) is 37.0 Å². The molecule has 1 unspecified atom stereocenters. The number of nitrogens with two attached hydrogens (primary N) is 1. The van der Waals surface area contributed by atoms with Crippen molar-refractivity contribution in [3.8, 4) is 0 Å². The van der Waals surface area contributed by atoms with Crippen LogP contribution in [-0.4, -0.2) is 19.2 Å². The van der Waals surface area contributed by atoms with Gasteiger partial charge in [-0.05, 0) is 37.2 Å². The average Bonchev–Trinajstić information content (AvgIpc) is 2.52. The number of hydrazine groups is 1. The van der Waals surface area contributed by atoms with Crippen LogP contribution in [0.2, 0.25) is 0 Å². The summed E-state index contributed by atoms with van der Waals surface area (Å²) >= 11 is 0. The van der Waals surface area contributed by atoms with E-state index in [1.54, 1.807) is 12.3 Å². The van der Waals surface area contributed by atoms with Gasteiger partial charge >= 0.3 is 0 Å². The van der Waals surface area contributed by atoms with Crippen molar-refractivity contribution in [2.24, 2.45) is 28.0 Å². The highest BCUT2D eigenvalue weighted by Gasteiger charge is 2.42. The molecule has 0 aromatic carbocycles. The fourth-order valence-electron chi connectivity index (χ4n) is 4.05. The fourth-order valence-corrected chi connectivity index (χ4v) is 5.24. The lowest BCUT2D eigenvalue weighted by Crippen LogP contribution is -2.49. The Bertz CT molecular complexity index is 707. The van der Waals surface area contributed by atoms with E-state index in [0.29, 0.717) is 23.4 Å². The van der Waals surface area contributed by atoms with Gasteiger partial charge in [-0.2, -0.15) is 8.42 Å². The van der Waals surface area contributed by atoms with Crippen LogP contribution in [0.25, 0.3) is 0 Å². The summed E-state index contributed by atoms with van der Waals surface area (Å²) in [5.41, 5.74) is 0.483. The number of amidine groups is 1. The van der Waals surface area contributed by atoms with Crippen molar-refractivity contribution >= 4 is 21.5 Å². The molecule has 6 nitrogen and oxygen atoms in total. The van der Waals surface area contributed by atoms with Crippen LogP contribution in [-0.2, 0) is 10.0 Å². The number of aromatic nitrogens is 1. The molecule has 3 fully saturated rings. The molecule has 1 aliphatic heterocycles. The van der Waals surface area contributed by atoms with Gasteiger partial charge in [-0.3, -0.25) is 9.99 Å². The first-order valence-electron chi connectivity index (χ1n) is 7.40. The average molecular weight is 306 g/mol. The van der Waals surface area contributed by atoms with Gasteiger partial charge in [0.25, 0.3) is 10.0 Å². The van der Waals surface area contributed by atoms with Gasteiger partial charge in [-0.15, -0.1) is 4.40 Å². The number of anilines is 1. The first kappa shape index (κ1) is 13.2. The van der Waals surface area contributed by atoms with Gasteiger partial charge < -0.3 is 0 Å². The molecule has 2 bridgehead atoms. The number of sulfonamides is 1. The molecule has 0 spiro atoms. The van der Waals surface area contributed by atoms with Gasteiger partial charge in [0.05, 0.1) is 5.69 Å². The van der Waals surface area contributed by atoms with Crippen molar-refractivity contribution in [3.05, 3.63) is 18.5 Å². The maximum Gasteiger partial charge on any atom is 0.287 e. The van der Waals surface area contributed by atoms with Gasteiger partial charge in [0, 0.05) is 18.3 Å². The summed E-state index contributed by atoms with van der Waals surface area (Å²) in [7, 11) is -3.69. The highest BCUT2D eigenvalue weighted by atomic mass is 32.2. The van der Waals surface area contributed by atoms with E-state index in [2.05, 4.69) is 9.38 Å². The van der Waals surface area contributed by atoms with Crippen LogP contribution in [0.15, 0.2) is 27.8 Å². The van der Waals surface area contributed by atoms with Crippen molar-refractivity contribution in [1.29, 1.82) is 0 Å². The van der Waals surface area contributed by atoms with E-state index in [-0.39, 0.29) is 10.8 Å². The van der Waals surface area contributed by atoms with Crippen molar-refractivity contribution in [2.75, 3.05) is 5.01 Å². The summed E-state index contributed by atoms with van der Waals surface area (Å²) in [5.74, 6) is 8.07. The fraction of sp³-hybridized carbons (Fsp3) is 0.571. The lowest BCUT2D eigenvalue weighted by molar-refractivity contribution is 0.138. The Kier molecular flexibility index (Phi) is 2.84. The smallest absolute Gasteiger partial charge is 0.263 e. The van der Waals surface area contributed by atoms with E-state index < -0.39 is 10.0 Å². The second kappa shape index (κ2) is 4.51. The molecular formula is C14H18N4O2S. The third kappa shape index (κ3) is 1.98. The normalized spacial score (nSPS) is 33.5. The molecule has 0 saturated heterocycles. The van der Waals surface area contributed by atoms with Crippen LogP contribution in [0, 0.1) is 17.8 Å². The third-order valence-electron chi connectivity index (χ3n) is 5.14. The molecule has 3 saturated carbocycles. The minimum absolute atomic E-state index is 0.0946. The molecule has 1 atom stereocenters. The topological polar surface area (TPSA) is 88.6 Å². The van der Waals surface area contributed by atoms with Crippen LogP contribution >= 0.6 is 0 Å². The van der Waals surface area contributed by atoms with Gasteiger partial charge in [0.2, 0.25) is 0 Å². The Morgan fingerprint density at radius 3 is 2.67 bits per heavy atom. The van der Waals surface area contributed by atoms with Gasteiger partial charge in [-0.1, -0.05) is 12.8 Å². The summed E-state index contributed by atoms with van der Waals surface area (Å²) in [6.07, 6.45) is 8.71. The van der Waals surface area contributed by atoms with E-state index in [0.717, 1.165) is 19.3 Å². The summed E-state index contributed by atoms with van der Waals surface area (Å²) in [4.78, 5) is 3.97. The number of hydrogen-bond donors (Lipinski definition) is 1. The van der Waals surface area contributed by atoms with Crippen molar-refractivity contribution in [3.63, 3.8) is 0 Å². The number of nitrogens with zero attached hydrogens (tertiary/aromatic N) is 3. The number of pyridine rings is 1. The molecule has 2 N–H and O–H groups in total. The Hall–Kier alpha value is -1.47. The predicted molar refractivity (Wildman–Crippen MR) is 79.1 cm³/mol. The molecule has 4 aliphatic rings. The molecular weight excluding hydrogens is 288 g/mol. The predicted octanol–water partition coefficient (Wildman–Crippen LogP) is 1.69. The van der Waals surface area contributed by atoms with E-state index in [1.165, 1.54) is 24.0 Å². The lowest BCUT2D eigenvalue weighted by Gasteiger charge is -2.44. The molecule has 2 heterocycles. The first-order chi connectivity index (χ1) is 10.1. The van der Waals surface area contributed by atoms with Gasteiger partial charge in [-0.25, -0.2) is 5.84 Å². The van der Waals surface area contributed by atoms with Crippen molar-refractivity contribution in [1.82, 2.24) is 4.98 Å². The molecule has 0 radical (unpaired) electrons. The summed E-state index contributed by atoms with van der Waals surface area (Å²) in [5, 5.41) is 1.46. The lowest BCUT2D eigenvalue weighted by atomic mass is 9.64. The Morgan fingerprint density at radius 1 is 1.24 bits per heavy atom. The number of hydrogen-bond acceptors (Lipinski definition) is 5. The van der Waals surface area contributed by atoms with Crippen molar-refractivity contribution < 1.29 is 8.42 Å². The summed E-state index contributed by atoms with van der Waals surface area (Å²) in [6, 6.07) is 1.64. The van der Waals surface area contributed by atoms with Crippen LogP contribution in [0.3, 0.4) is 0 Å². The minimum Gasteiger partial charge on any atom is -0.263 e. The molecule has 21 heavy (non-hydrogen) atoms. The second-order valence-electron chi connectivity index (χ2n) is 6.26. The highest BCUT2D eigenvalue weighted by molar-refractivity contribution is 7.90. The molecule has 112 valence electrons. The van der Waals surface area contributed by atoms with E-state index in [1.807, 2.05) is 0 Å². The second-order valence-corrected chi connectivity index (χ2v) is 7.83. The highest BCUT2D eigenvalue weighted by Crippen LogP contribution is 2.47. The maximum atomic E-state index is 12.4. The Morgan fingerprint density at radius 2 is 2.00 bits per heavy atom. The van der Waals surface area contributed by atoms with Crippen LogP contribution in [0.4, 0.5) is 5.69 Å². The van der Waals surface area contributed by atoms with Crippen LogP contribution in [0.1, 0.15) is 32.1 Å². The number of rotatable bonds is 1. The van der Waals surface area contributed by atoms with Crippen LogP contribution < -0.4 is 10.9 Å². The van der Waals surface area contributed by atoms with Gasteiger partial charge in [0.15, 0.2) is 0 Å². The largest absolute Gasteiger partial charge is 0.287 e. The molecule has 0 amide bonds. The zero-order valence-electron chi connectivity index (χ0n) is 11.6. The molecule has 1 aromatic heterocycles. The molecule has 3 aliphatic carbocycles. The number of fused-ring (bicyclic) bond motifs is 4. The van der Waals surface area contributed by atoms with E-state index in [9.17, 15) is 8.42 Å². The van der Waals surface area contributed by atoms with E-state index >= 15 is 0 Å². The molecule has 5 rings (SSSR count). The standard InChI is InChI=1S/C14H18N4O2S/c15-18-12-5-6-16-8-13(12)21(19,20)17-14(18)11-7-9-1-3-10(11)4-2-9/h5-6,8-11H,1-4,7,15H2. The van der Waals surface area contributed by atoms with E-state index in [4.69, 9.17) is 5.84 Å². The zero-order chi connectivity index (χ0) is 14.6. The molecule has 7 heteroatoms. The Labute approximate surface area is 124 Å².